The highest BCUT2D eigenvalue weighted by molar-refractivity contribution is 7.89. The molecule has 0 fully saturated rings. The van der Waals surface area contributed by atoms with E-state index < -0.39 is 10.0 Å². The van der Waals surface area contributed by atoms with Gasteiger partial charge in [0.25, 0.3) is 0 Å². The smallest absolute Gasteiger partial charge is 0.207 e. The van der Waals surface area contributed by atoms with Crippen molar-refractivity contribution in [2.24, 2.45) is 0 Å². The molecule has 0 amide bonds. The lowest BCUT2D eigenvalue weighted by molar-refractivity contribution is 0.398. The normalized spacial score (nSPS) is 13.4. The van der Waals surface area contributed by atoms with Gasteiger partial charge in [-0.2, -0.15) is 4.31 Å². The predicted molar refractivity (Wildman–Crippen MR) is 86.3 cm³/mol. The van der Waals surface area contributed by atoms with E-state index >= 15 is 0 Å². The first-order chi connectivity index (χ1) is 9.84. The fraction of sp³-hybridized carbons (Fsp3) is 0.200. The molecule has 0 bridgehead atoms. The van der Waals surface area contributed by atoms with Gasteiger partial charge in [-0.25, -0.2) is 8.42 Å². The lowest BCUT2D eigenvalue weighted by Gasteiger charge is -2.24. The van der Waals surface area contributed by atoms with Gasteiger partial charge in [0, 0.05) is 13.1 Å². The largest absolute Gasteiger partial charge is 0.243 e. The summed E-state index contributed by atoms with van der Waals surface area (Å²) >= 11 is 11.7. The molecule has 0 radical (unpaired) electrons. The molecule has 0 saturated carbocycles. The monoisotopic (exact) mass is 343 g/mol. The molecule has 0 heterocycles. The minimum absolute atomic E-state index is 0.127. The van der Waals surface area contributed by atoms with E-state index in [9.17, 15) is 8.42 Å². The van der Waals surface area contributed by atoms with E-state index in [1.165, 1.54) is 22.5 Å². The van der Waals surface area contributed by atoms with Crippen molar-refractivity contribution in [3.63, 3.8) is 0 Å². The molecule has 1 atom stereocenters. The quantitative estimate of drug-likeness (QED) is 0.826. The molecular formula is C15H15Cl2NO2S. The van der Waals surface area contributed by atoms with Crippen LogP contribution in [0.4, 0.5) is 0 Å². The highest BCUT2D eigenvalue weighted by Gasteiger charge is 2.26. The number of rotatable bonds is 4. The van der Waals surface area contributed by atoms with Gasteiger partial charge in [0.1, 0.15) is 0 Å². The van der Waals surface area contributed by atoms with Gasteiger partial charge in [0.05, 0.1) is 14.9 Å². The first kappa shape index (κ1) is 16.3. The van der Waals surface area contributed by atoms with Crippen LogP contribution in [-0.4, -0.2) is 19.8 Å². The Hall–Kier alpha value is -1.07. The van der Waals surface area contributed by atoms with E-state index in [1.807, 2.05) is 37.3 Å². The van der Waals surface area contributed by atoms with Crippen LogP contribution in [0.3, 0.4) is 0 Å². The molecule has 0 spiro atoms. The van der Waals surface area contributed by atoms with Crippen LogP contribution < -0.4 is 0 Å². The van der Waals surface area contributed by atoms with Crippen molar-refractivity contribution in [2.75, 3.05) is 7.05 Å². The van der Waals surface area contributed by atoms with Gasteiger partial charge < -0.3 is 0 Å². The summed E-state index contributed by atoms with van der Waals surface area (Å²) in [7, 11) is -2.08. The average Bonchev–Trinajstić information content (AvgIpc) is 2.49. The fourth-order valence-corrected chi connectivity index (χ4v) is 3.69. The Kier molecular flexibility index (Phi) is 4.94. The molecule has 1 unspecified atom stereocenters. The van der Waals surface area contributed by atoms with Gasteiger partial charge in [-0.15, -0.1) is 0 Å². The molecule has 0 saturated heterocycles. The number of nitrogens with zero attached hydrogens (tertiary/aromatic N) is 1. The highest BCUT2D eigenvalue weighted by Crippen LogP contribution is 2.29. The van der Waals surface area contributed by atoms with E-state index in [1.54, 1.807) is 7.05 Å². The topological polar surface area (TPSA) is 37.4 Å². The number of hydrogen-bond donors (Lipinski definition) is 0. The highest BCUT2D eigenvalue weighted by atomic mass is 35.5. The lowest BCUT2D eigenvalue weighted by Crippen LogP contribution is -2.29. The molecular weight excluding hydrogens is 329 g/mol. The summed E-state index contributed by atoms with van der Waals surface area (Å²) in [6.45, 7) is 1.84. The summed E-state index contributed by atoms with van der Waals surface area (Å²) in [5.74, 6) is 0. The molecule has 2 aromatic rings. The zero-order chi connectivity index (χ0) is 15.6. The summed E-state index contributed by atoms with van der Waals surface area (Å²) in [5.41, 5.74) is 0.920. The Morgan fingerprint density at radius 1 is 1.00 bits per heavy atom. The van der Waals surface area contributed by atoms with Gasteiger partial charge in [-0.1, -0.05) is 53.5 Å². The summed E-state index contributed by atoms with van der Waals surface area (Å²) < 4.78 is 26.6. The van der Waals surface area contributed by atoms with E-state index in [2.05, 4.69) is 0 Å². The fourth-order valence-electron chi connectivity index (χ4n) is 1.95. The van der Waals surface area contributed by atoms with Gasteiger partial charge in [-0.3, -0.25) is 0 Å². The molecule has 3 nitrogen and oxygen atoms in total. The van der Waals surface area contributed by atoms with Crippen molar-refractivity contribution in [3.8, 4) is 0 Å². The molecule has 2 rings (SSSR count). The SMILES string of the molecule is CC(c1ccccc1)N(C)S(=O)(=O)c1ccc(Cl)c(Cl)c1. The maximum Gasteiger partial charge on any atom is 0.243 e. The number of benzene rings is 2. The van der Waals surface area contributed by atoms with E-state index in [0.717, 1.165) is 5.56 Å². The molecule has 112 valence electrons. The molecule has 2 aromatic carbocycles. The van der Waals surface area contributed by atoms with Gasteiger partial charge in [0.15, 0.2) is 0 Å². The van der Waals surface area contributed by atoms with Crippen molar-refractivity contribution < 1.29 is 8.42 Å². The van der Waals surface area contributed by atoms with Crippen molar-refractivity contribution in [1.29, 1.82) is 0 Å². The molecule has 0 aliphatic heterocycles. The molecule has 0 aliphatic carbocycles. The second-order valence-corrected chi connectivity index (χ2v) is 7.50. The molecule has 0 N–H and O–H groups in total. The van der Waals surface area contributed by atoms with Crippen LogP contribution >= 0.6 is 23.2 Å². The maximum atomic E-state index is 12.6. The van der Waals surface area contributed by atoms with Crippen LogP contribution in [0.15, 0.2) is 53.4 Å². The van der Waals surface area contributed by atoms with Crippen molar-refractivity contribution in [1.82, 2.24) is 4.31 Å². The summed E-state index contributed by atoms with van der Waals surface area (Å²) in [5, 5.41) is 0.549. The first-order valence-corrected chi connectivity index (χ1v) is 8.51. The third-order valence-electron chi connectivity index (χ3n) is 3.40. The summed E-state index contributed by atoms with van der Waals surface area (Å²) in [6, 6.07) is 13.5. The van der Waals surface area contributed by atoms with E-state index in [4.69, 9.17) is 23.2 Å². The maximum absolute atomic E-state index is 12.6. The summed E-state index contributed by atoms with van der Waals surface area (Å²) in [6.07, 6.45) is 0. The Labute approximate surface area is 135 Å². The van der Waals surface area contributed by atoms with Crippen molar-refractivity contribution >= 4 is 33.2 Å². The van der Waals surface area contributed by atoms with Crippen LogP contribution in [0, 0.1) is 0 Å². The first-order valence-electron chi connectivity index (χ1n) is 6.32. The molecule has 6 heteroatoms. The summed E-state index contributed by atoms with van der Waals surface area (Å²) in [4.78, 5) is 0.127. The minimum atomic E-state index is -3.64. The standard InChI is InChI=1S/C15H15Cl2NO2S/c1-11(12-6-4-3-5-7-12)18(2)21(19,20)13-8-9-14(16)15(17)10-13/h3-11H,1-2H3. The average molecular weight is 344 g/mol. The Morgan fingerprint density at radius 3 is 2.19 bits per heavy atom. The molecule has 21 heavy (non-hydrogen) atoms. The van der Waals surface area contributed by atoms with E-state index in [0.29, 0.717) is 5.02 Å². The number of sulfonamides is 1. The third-order valence-corrected chi connectivity index (χ3v) is 6.06. The minimum Gasteiger partial charge on any atom is -0.207 e. The van der Waals surface area contributed by atoms with E-state index in [-0.39, 0.29) is 16.0 Å². The van der Waals surface area contributed by atoms with Crippen molar-refractivity contribution in [3.05, 3.63) is 64.1 Å². The zero-order valence-electron chi connectivity index (χ0n) is 11.6. The van der Waals surface area contributed by atoms with Gasteiger partial charge in [0.2, 0.25) is 10.0 Å². The van der Waals surface area contributed by atoms with Crippen molar-refractivity contribution in [2.45, 2.75) is 17.9 Å². The van der Waals surface area contributed by atoms with Crippen LogP contribution in [0.5, 0.6) is 0 Å². The Morgan fingerprint density at radius 2 is 1.62 bits per heavy atom. The Balaban J connectivity index is 2.36. The Bertz CT molecular complexity index is 733. The van der Waals surface area contributed by atoms with Crippen LogP contribution in [0.25, 0.3) is 0 Å². The number of halogens is 2. The van der Waals surface area contributed by atoms with Gasteiger partial charge >= 0.3 is 0 Å². The second-order valence-electron chi connectivity index (χ2n) is 4.68. The predicted octanol–water partition coefficient (Wildman–Crippen LogP) is 4.38. The van der Waals surface area contributed by atoms with Gasteiger partial charge in [-0.05, 0) is 30.7 Å². The second kappa shape index (κ2) is 6.36. The third kappa shape index (κ3) is 3.40. The molecule has 0 aromatic heterocycles. The van der Waals surface area contributed by atoms with Crippen LogP contribution in [0.2, 0.25) is 10.0 Å². The van der Waals surface area contributed by atoms with Crippen LogP contribution in [0.1, 0.15) is 18.5 Å². The van der Waals surface area contributed by atoms with Crippen LogP contribution in [-0.2, 0) is 10.0 Å². The zero-order valence-corrected chi connectivity index (χ0v) is 14.0. The molecule has 0 aliphatic rings. The number of hydrogen-bond acceptors (Lipinski definition) is 2. The lowest BCUT2D eigenvalue weighted by atomic mass is 10.1.